The van der Waals surface area contributed by atoms with Gasteiger partial charge in [-0.05, 0) is 25.0 Å². The van der Waals surface area contributed by atoms with E-state index in [2.05, 4.69) is 5.32 Å². The van der Waals surface area contributed by atoms with Crippen LogP contribution in [0.5, 0.6) is 0 Å². The fourth-order valence-corrected chi connectivity index (χ4v) is 2.23. The minimum atomic E-state index is -0.590. The van der Waals surface area contributed by atoms with Crippen molar-refractivity contribution in [2.45, 2.75) is 25.5 Å². The van der Waals surface area contributed by atoms with Crippen molar-refractivity contribution in [2.75, 3.05) is 6.54 Å². The molecule has 112 valence electrons. The van der Waals surface area contributed by atoms with Gasteiger partial charge >= 0.3 is 0 Å². The zero-order chi connectivity index (χ0) is 15.2. The molecule has 0 bridgehead atoms. The highest BCUT2D eigenvalue weighted by Crippen LogP contribution is 2.17. The van der Waals surface area contributed by atoms with E-state index in [1.165, 1.54) is 12.1 Å². The molecule has 0 heterocycles. The predicted octanol–water partition coefficient (Wildman–Crippen LogP) is 3.22. The molecule has 0 saturated carbocycles. The summed E-state index contributed by atoms with van der Waals surface area (Å²) < 4.78 is 26.5. The molecule has 0 aromatic heterocycles. The summed E-state index contributed by atoms with van der Waals surface area (Å²) in [4.78, 5) is 0. The van der Waals surface area contributed by atoms with Gasteiger partial charge in [-0.1, -0.05) is 36.4 Å². The number of hydrogen-bond acceptors (Lipinski definition) is 2. The first-order chi connectivity index (χ1) is 10.1. The van der Waals surface area contributed by atoms with Crippen molar-refractivity contribution < 1.29 is 13.9 Å². The van der Waals surface area contributed by atoms with Crippen LogP contribution in [-0.2, 0) is 6.42 Å². The second-order valence-electron chi connectivity index (χ2n) is 5.14. The highest BCUT2D eigenvalue weighted by Gasteiger charge is 2.13. The van der Waals surface area contributed by atoms with Crippen LogP contribution in [0.15, 0.2) is 48.5 Å². The van der Waals surface area contributed by atoms with Gasteiger partial charge in [0.15, 0.2) is 0 Å². The maximum Gasteiger partial charge on any atom is 0.130 e. The van der Waals surface area contributed by atoms with Gasteiger partial charge < -0.3 is 10.4 Å². The van der Waals surface area contributed by atoms with Crippen LogP contribution in [0.25, 0.3) is 0 Å². The molecule has 4 heteroatoms. The van der Waals surface area contributed by atoms with Crippen LogP contribution in [0.3, 0.4) is 0 Å². The van der Waals surface area contributed by atoms with Crippen LogP contribution in [-0.4, -0.2) is 17.8 Å². The van der Waals surface area contributed by atoms with Gasteiger partial charge in [-0.15, -0.1) is 0 Å². The molecule has 0 aliphatic rings. The molecule has 0 radical (unpaired) electrons. The Morgan fingerprint density at radius 3 is 2.48 bits per heavy atom. The lowest BCUT2D eigenvalue weighted by Gasteiger charge is -2.18. The smallest absolute Gasteiger partial charge is 0.130 e. The normalized spacial score (nSPS) is 13.9. The first kappa shape index (κ1) is 15.6. The standard InChI is InChI=1S/C17H19F2NO/c1-12(16-8-7-14(18)10-17(16)19)20-11-15(21)9-13-5-3-2-4-6-13/h2-8,10,12,15,20-21H,9,11H2,1H3. The van der Waals surface area contributed by atoms with Crippen molar-refractivity contribution in [3.05, 3.63) is 71.3 Å². The number of halogens is 2. The van der Waals surface area contributed by atoms with E-state index in [1.54, 1.807) is 6.92 Å². The third-order valence-corrected chi connectivity index (χ3v) is 3.40. The van der Waals surface area contributed by atoms with Gasteiger partial charge in [-0.2, -0.15) is 0 Å². The fourth-order valence-electron chi connectivity index (χ4n) is 2.23. The van der Waals surface area contributed by atoms with E-state index in [4.69, 9.17) is 0 Å². The number of rotatable bonds is 6. The first-order valence-electron chi connectivity index (χ1n) is 6.96. The van der Waals surface area contributed by atoms with Gasteiger partial charge in [-0.25, -0.2) is 8.78 Å². The summed E-state index contributed by atoms with van der Waals surface area (Å²) in [6, 6.07) is 12.9. The van der Waals surface area contributed by atoms with Crippen molar-refractivity contribution in [1.82, 2.24) is 5.32 Å². The quantitative estimate of drug-likeness (QED) is 0.856. The molecule has 0 spiro atoms. The van der Waals surface area contributed by atoms with E-state index in [-0.39, 0.29) is 6.04 Å². The van der Waals surface area contributed by atoms with E-state index in [9.17, 15) is 13.9 Å². The van der Waals surface area contributed by atoms with Gasteiger partial charge in [0.2, 0.25) is 0 Å². The topological polar surface area (TPSA) is 32.3 Å². The van der Waals surface area contributed by atoms with Crippen LogP contribution in [0.2, 0.25) is 0 Å². The van der Waals surface area contributed by atoms with Gasteiger partial charge in [0.25, 0.3) is 0 Å². The highest BCUT2D eigenvalue weighted by molar-refractivity contribution is 5.21. The monoisotopic (exact) mass is 291 g/mol. The van der Waals surface area contributed by atoms with Crippen LogP contribution in [0.1, 0.15) is 24.1 Å². The third kappa shape index (κ3) is 4.62. The lowest BCUT2D eigenvalue weighted by atomic mass is 10.1. The Balaban J connectivity index is 1.87. The summed E-state index contributed by atoms with van der Waals surface area (Å²) in [6.45, 7) is 2.12. The number of aliphatic hydroxyl groups excluding tert-OH is 1. The summed E-state index contributed by atoms with van der Waals surface area (Å²) in [5.41, 5.74) is 1.44. The number of hydrogen-bond donors (Lipinski definition) is 2. The van der Waals surface area contributed by atoms with E-state index in [1.807, 2.05) is 30.3 Å². The van der Waals surface area contributed by atoms with Crippen molar-refractivity contribution in [1.29, 1.82) is 0 Å². The second-order valence-corrected chi connectivity index (χ2v) is 5.14. The summed E-state index contributed by atoms with van der Waals surface area (Å²) in [5.74, 6) is -1.17. The molecule has 2 N–H and O–H groups in total. The summed E-state index contributed by atoms with van der Waals surface area (Å²) in [5, 5.41) is 13.1. The molecule has 2 aromatic rings. The Morgan fingerprint density at radius 2 is 1.81 bits per heavy atom. The Hall–Kier alpha value is -1.78. The number of nitrogens with one attached hydrogen (secondary N) is 1. The Kier molecular flexibility index (Phi) is 5.42. The lowest BCUT2D eigenvalue weighted by molar-refractivity contribution is 0.168. The Labute approximate surface area is 123 Å². The average Bonchev–Trinajstić information content (AvgIpc) is 2.46. The van der Waals surface area contributed by atoms with Gasteiger partial charge in [0.1, 0.15) is 11.6 Å². The minimum absolute atomic E-state index is 0.295. The highest BCUT2D eigenvalue weighted by atomic mass is 19.1. The van der Waals surface area contributed by atoms with Crippen molar-refractivity contribution in [2.24, 2.45) is 0 Å². The summed E-state index contributed by atoms with van der Waals surface area (Å²) in [6.07, 6.45) is -0.0229. The van der Waals surface area contributed by atoms with Crippen LogP contribution >= 0.6 is 0 Å². The maximum atomic E-state index is 13.6. The molecule has 0 fully saturated rings. The van der Waals surface area contributed by atoms with Crippen molar-refractivity contribution in [3.63, 3.8) is 0 Å². The molecule has 0 aliphatic carbocycles. The van der Waals surface area contributed by atoms with Crippen LogP contribution < -0.4 is 5.32 Å². The third-order valence-electron chi connectivity index (χ3n) is 3.40. The zero-order valence-corrected chi connectivity index (χ0v) is 11.9. The molecule has 0 aliphatic heterocycles. The molecule has 0 saturated heterocycles. The van der Waals surface area contributed by atoms with E-state index >= 15 is 0 Å². The van der Waals surface area contributed by atoms with E-state index in [0.717, 1.165) is 11.6 Å². The zero-order valence-electron chi connectivity index (χ0n) is 11.9. The minimum Gasteiger partial charge on any atom is -0.391 e. The molecule has 2 unspecified atom stereocenters. The fraction of sp³-hybridized carbons (Fsp3) is 0.294. The lowest BCUT2D eigenvalue weighted by Crippen LogP contribution is -2.30. The molecule has 2 nitrogen and oxygen atoms in total. The Morgan fingerprint density at radius 1 is 1.10 bits per heavy atom. The number of benzene rings is 2. The van der Waals surface area contributed by atoms with E-state index in [0.29, 0.717) is 18.5 Å². The molecule has 2 aromatic carbocycles. The summed E-state index contributed by atoms with van der Waals surface area (Å²) in [7, 11) is 0. The summed E-state index contributed by atoms with van der Waals surface area (Å²) >= 11 is 0. The maximum absolute atomic E-state index is 13.6. The molecular weight excluding hydrogens is 272 g/mol. The molecule has 2 rings (SSSR count). The largest absolute Gasteiger partial charge is 0.391 e. The molecular formula is C17H19F2NO. The first-order valence-corrected chi connectivity index (χ1v) is 6.96. The van der Waals surface area contributed by atoms with Crippen molar-refractivity contribution in [3.8, 4) is 0 Å². The molecule has 21 heavy (non-hydrogen) atoms. The van der Waals surface area contributed by atoms with Gasteiger partial charge in [-0.3, -0.25) is 0 Å². The van der Waals surface area contributed by atoms with Crippen molar-refractivity contribution >= 4 is 0 Å². The number of aliphatic hydroxyl groups is 1. The average molecular weight is 291 g/mol. The van der Waals surface area contributed by atoms with Crippen LogP contribution in [0, 0.1) is 11.6 Å². The molecule has 0 amide bonds. The Bertz CT molecular complexity index is 574. The SMILES string of the molecule is CC(NCC(O)Cc1ccccc1)c1ccc(F)cc1F. The molecule has 2 atom stereocenters. The predicted molar refractivity (Wildman–Crippen MR) is 78.9 cm³/mol. The van der Waals surface area contributed by atoms with Gasteiger partial charge in [0, 0.05) is 24.2 Å². The van der Waals surface area contributed by atoms with E-state index < -0.39 is 17.7 Å². The van der Waals surface area contributed by atoms with Gasteiger partial charge in [0.05, 0.1) is 6.10 Å². The van der Waals surface area contributed by atoms with Crippen LogP contribution in [0.4, 0.5) is 8.78 Å². The second kappa shape index (κ2) is 7.29.